The minimum absolute atomic E-state index is 0.163. The fourth-order valence-electron chi connectivity index (χ4n) is 2.98. The zero-order valence-electron chi connectivity index (χ0n) is 16.0. The molecule has 146 valence electrons. The van der Waals surface area contributed by atoms with E-state index in [9.17, 15) is 9.90 Å². The summed E-state index contributed by atoms with van der Waals surface area (Å²) >= 11 is 7.43. The Morgan fingerprint density at radius 1 is 1.41 bits per heavy atom. The van der Waals surface area contributed by atoms with Gasteiger partial charge in [0, 0.05) is 22.3 Å². The Morgan fingerprint density at radius 3 is 2.67 bits per heavy atom. The Morgan fingerprint density at radius 2 is 2.11 bits per heavy atom. The van der Waals surface area contributed by atoms with Crippen molar-refractivity contribution in [2.24, 2.45) is 10.9 Å². The van der Waals surface area contributed by atoms with E-state index in [1.807, 2.05) is 10.2 Å². The predicted octanol–water partition coefficient (Wildman–Crippen LogP) is 4.54. The van der Waals surface area contributed by atoms with E-state index in [0.29, 0.717) is 26.6 Å². The average Bonchev–Trinajstić information content (AvgIpc) is 2.97. The van der Waals surface area contributed by atoms with Crippen LogP contribution in [-0.4, -0.2) is 22.1 Å². The van der Waals surface area contributed by atoms with Crippen LogP contribution in [-0.2, 0) is 5.54 Å². The highest BCUT2D eigenvalue weighted by atomic mass is 35.5. The van der Waals surface area contributed by atoms with Gasteiger partial charge in [-0.15, -0.1) is 0 Å². The number of carbonyl (C=O) groups excluding carboxylic acids is 1. The van der Waals surface area contributed by atoms with Gasteiger partial charge in [0.05, 0.1) is 18.8 Å². The summed E-state index contributed by atoms with van der Waals surface area (Å²) in [4.78, 5) is 17.2. The van der Waals surface area contributed by atoms with Gasteiger partial charge in [-0.2, -0.15) is 4.99 Å². The zero-order chi connectivity index (χ0) is 19.8. The standard InChI is InChI=1S/C20H25ClN2O3S/c1-20(2,3)23-11-15(17(24)12-6-5-7-12)19(27-23)22-18(25)14-10-13(21)8-9-16(14)26-4/h8-12,17,24H,5-7H2,1-4H3. The van der Waals surface area contributed by atoms with E-state index in [1.165, 1.54) is 18.6 Å². The van der Waals surface area contributed by atoms with Crippen molar-refractivity contribution in [2.45, 2.75) is 51.7 Å². The molecule has 1 aromatic carbocycles. The van der Waals surface area contributed by atoms with Crippen LogP contribution in [0.3, 0.4) is 0 Å². The summed E-state index contributed by atoms with van der Waals surface area (Å²) in [5.41, 5.74) is 0.863. The van der Waals surface area contributed by atoms with E-state index in [-0.39, 0.29) is 11.5 Å². The van der Waals surface area contributed by atoms with Gasteiger partial charge in [0.15, 0.2) is 0 Å². The molecule has 5 nitrogen and oxygen atoms in total. The average molecular weight is 409 g/mol. The Hall–Kier alpha value is -1.63. The summed E-state index contributed by atoms with van der Waals surface area (Å²) in [5.74, 6) is 0.228. The van der Waals surface area contributed by atoms with Gasteiger partial charge in [-0.3, -0.25) is 8.75 Å². The van der Waals surface area contributed by atoms with Crippen molar-refractivity contribution in [3.63, 3.8) is 0 Å². The van der Waals surface area contributed by atoms with Crippen molar-refractivity contribution in [3.05, 3.63) is 45.2 Å². The van der Waals surface area contributed by atoms with Gasteiger partial charge >= 0.3 is 0 Å². The molecule has 1 aromatic heterocycles. The number of carbonyl (C=O) groups is 1. The molecular formula is C20H25ClN2O3S. The molecule has 7 heteroatoms. The normalized spacial score (nSPS) is 16.9. The number of hydrogen-bond donors (Lipinski definition) is 1. The molecule has 0 bridgehead atoms. The van der Waals surface area contributed by atoms with Crippen molar-refractivity contribution < 1.29 is 14.6 Å². The van der Waals surface area contributed by atoms with Crippen LogP contribution >= 0.6 is 23.1 Å². The van der Waals surface area contributed by atoms with E-state index < -0.39 is 12.0 Å². The third kappa shape index (κ3) is 4.28. The molecule has 1 aliphatic rings. The zero-order valence-corrected chi connectivity index (χ0v) is 17.6. The van der Waals surface area contributed by atoms with Crippen LogP contribution in [0.2, 0.25) is 5.02 Å². The number of ether oxygens (including phenoxy) is 1. The quantitative estimate of drug-likeness (QED) is 0.807. The highest BCUT2D eigenvalue weighted by molar-refractivity contribution is 7.04. The maximum Gasteiger partial charge on any atom is 0.282 e. The lowest BCUT2D eigenvalue weighted by atomic mass is 9.79. The fraction of sp³-hybridized carbons (Fsp3) is 0.500. The SMILES string of the molecule is COc1ccc(Cl)cc1C(=O)N=c1sn(C(C)(C)C)cc1C(O)C1CCC1. The lowest BCUT2D eigenvalue weighted by Crippen LogP contribution is -2.23. The third-order valence-corrected chi connectivity index (χ3v) is 6.44. The van der Waals surface area contributed by atoms with E-state index in [0.717, 1.165) is 19.3 Å². The van der Waals surface area contributed by atoms with Crippen LogP contribution in [0.15, 0.2) is 29.4 Å². The maximum absolute atomic E-state index is 12.8. The second-order valence-electron chi connectivity index (χ2n) is 7.87. The summed E-state index contributed by atoms with van der Waals surface area (Å²) in [6.07, 6.45) is 4.46. The Balaban J connectivity index is 2.07. The molecule has 1 heterocycles. The molecule has 3 rings (SSSR count). The Kier molecular flexibility index (Phi) is 5.79. The van der Waals surface area contributed by atoms with Crippen molar-refractivity contribution in [2.75, 3.05) is 7.11 Å². The molecule has 1 unspecified atom stereocenters. The van der Waals surface area contributed by atoms with Gasteiger partial charge in [-0.25, -0.2) is 0 Å². The highest BCUT2D eigenvalue weighted by Gasteiger charge is 2.30. The molecule has 27 heavy (non-hydrogen) atoms. The summed E-state index contributed by atoms with van der Waals surface area (Å²) < 4.78 is 7.84. The van der Waals surface area contributed by atoms with Crippen molar-refractivity contribution >= 4 is 29.0 Å². The molecule has 1 saturated carbocycles. The second kappa shape index (κ2) is 7.78. The topological polar surface area (TPSA) is 63.8 Å². The molecule has 0 aliphatic heterocycles. The molecular weight excluding hydrogens is 384 g/mol. The molecule has 1 aliphatic carbocycles. The lowest BCUT2D eigenvalue weighted by Gasteiger charge is -2.29. The summed E-state index contributed by atoms with van der Waals surface area (Å²) in [5, 5.41) is 11.2. The number of amides is 1. The smallest absolute Gasteiger partial charge is 0.282 e. The van der Waals surface area contributed by atoms with Gasteiger partial charge in [-0.05, 0) is 69.3 Å². The number of halogens is 1. The number of hydrogen-bond acceptors (Lipinski definition) is 4. The molecule has 1 atom stereocenters. The first-order valence-electron chi connectivity index (χ1n) is 9.04. The van der Waals surface area contributed by atoms with Crippen LogP contribution < -0.4 is 9.41 Å². The van der Waals surface area contributed by atoms with E-state index in [2.05, 4.69) is 25.8 Å². The van der Waals surface area contributed by atoms with Crippen molar-refractivity contribution in [1.82, 2.24) is 3.96 Å². The Labute approximate surface area is 168 Å². The van der Waals surface area contributed by atoms with Gasteiger partial charge in [0.25, 0.3) is 5.91 Å². The van der Waals surface area contributed by atoms with Crippen molar-refractivity contribution in [1.29, 1.82) is 0 Å². The van der Waals surface area contributed by atoms with E-state index in [4.69, 9.17) is 16.3 Å². The fourth-order valence-corrected chi connectivity index (χ4v) is 4.18. The summed E-state index contributed by atoms with van der Waals surface area (Å²) in [6, 6.07) is 4.88. The molecule has 1 fully saturated rings. The summed E-state index contributed by atoms with van der Waals surface area (Å²) in [6.45, 7) is 6.23. The molecule has 0 spiro atoms. The molecule has 1 N–H and O–H groups in total. The van der Waals surface area contributed by atoms with E-state index in [1.54, 1.807) is 18.2 Å². The van der Waals surface area contributed by atoms with Crippen LogP contribution in [0.1, 0.15) is 62.1 Å². The number of nitrogens with zero attached hydrogens (tertiary/aromatic N) is 2. The van der Waals surface area contributed by atoms with Gasteiger partial charge in [-0.1, -0.05) is 18.0 Å². The van der Waals surface area contributed by atoms with Gasteiger partial charge in [0.1, 0.15) is 10.4 Å². The van der Waals surface area contributed by atoms with Crippen LogP contribution in [0.4, 0.5) is 0 Å². The second-order valence-corrected chi connectivity index (χ2v) is 9.27. The van der Waals surface area contributed by atoms with Crippen LogP contribution in [0.5, 0.6) is 5.75 Å². The Bertz CT molecular complexity index is 907. The number of benzene rings is 1. The van der Waals surface area contributed by atoms with Gasteiger partial charge < -0.3 is 9.84 Å². The minimum atomic E-state index is -0.605. The van der Waals surface area contributed by atoms with Gasteiger partial charge in [0.2, 0.25) is 0 Å². The first-order valence-corrected chi connectivity index (χ1v) is 10.2. The number of methoxy groups -OCH3 is 1. The van der Waals surface area contributed by atoms with Crippen LogP contribution in [0, 0.1) is 5.92 Å². The minimum Gasteiger partial charge on any atom is -0.496 e. The molecule has 0 radical (unpaired) electrons. The maximum atomic E-state index is 12.8. The first-order chi connectivity index (χ1) is 12.7. The lowest BCUT2D eigenvalue weighted by molar-refractivity contribution is 0.0610. The molecule has 1 amide bonds. The summed E-state index contributed by atoms with van der Waals surface area (Å²) in [7, 11) is 1.50. The van der Waals surface area contributed by atoms with Crippen molar-refractivity contribution in [3.8, 4) is 5.75 Å². The number of rotatable bonds is 4. The predicted molar refractivity (Wildman–Crippen MR) is 108 cm³/mol. The number of aliphatic hydroxyl groups excluding tert-OH is 1. The largest absolute Gasteiger partial charge is 0.496 e. The first kappa shape index (κ1) is 20.1. The molecule has 2 aromatic rings. The monoisotopic (exact) mass is 408 g/mol. The third-order valence-electron chi connectivity index (χ3n) is 4.86. The van der Waals surface area contributed by atoms with Crippen LogP contribution in [0.25, 0.3) is 0 Å². The number of aromatic nitrogens is 1. The molecule has 0 saturated heterocycles. The van der Waals surface area contributed by atoms with E-state index >= 15 is 0 Å². The number of aliphatic hydroxyl groups is 1. The highest BCUT2D eigenvalue weighted by Crippen LogP contribution is 2.37.